The summed E-state index contributed by atoms with van der Waals surface area (Å²) in [4.78, 5) is 11.4. The van der Waals surface area contributed by atoms with Gasteiger partial charge in [-0.15, -0.1) is 0 Å². The molecule has 0 atom stereocenters. The highest BCUT2D eigenvalue weighted by molar-refractivity contribution is 5.89. The molecule has 2 aromatic carbocycles. The molecule has 142 valence electrons. The van der Waals surface area contributed by atoms with E-state index in [-0.39, 0.29) is 5.82 Å². The molecular formula is C21H26FN5. The summed E-state index contributed by atoms with van der Waals surface area (Å²) >= 11 is 0. The largest absolute Gasteiger partial charge is 0.369 e. The van der Waals surface area contributed by atoms with Crippen LogP contribution in [0.2, 0.25) is 0 Å². The van der Waals surface area contributed by atoms with Gasteiger partial charge in [0.15, 0.2) is 0 Å². The molecule has 0 saturated heterocycles. The lowest BCUT2D eigenvalue weighted by molar-refractivity contribution is 0.405. The fourth-order valence-corrected chi connectivity index (χ4v) is 2.90. The van der Waals surface area contributed by atoms with E-state index in [1.54, 1.807) is 12.1 Å². The van der Waals surface area contributed by atoms with E-state index in [0.717, 1.165) is 41.8 Å². The summed E-state index contributed by atoms with van der Waals surface area (Å²) in [5, 5.41) is 7.70. The smallest absolute Gasteiger partial charge is 0.225 e. The van der Waals surface area contributed by atoms with E-state index >= 15 is 0 Å². The number of halogens is 1. The molecule has 0 amide bonds. The highest BCUT2D eigenvalue weighted by atomic mass is 19.1. The molecule has 0 bridgehead atoms. The number of fused-ring (bicyclic) bond motifs is 1. The quantitative estimate of drug-likeness (QED) is 0.564. The second kappa shape index (κ2) is 9.28. The molecule has 1 heterocycles. The first-order valence-electron chi connectivity index (χ1n) is 9.25. The van der Waals surface area contributed by atoms with Crippen LogP contribution in [0.1, 0.15) is 12.0 Å². The molecule has 3 rings (SSSR count). The average Bonchev–Trinajstić information content (AvgIpc) is 2.65. The minimum atomic E-state index is -0.210. The van der Waals surface area contributed by atoms with Crippen molar-refractivity contribution in [2.75, 3.05) is 44.4 Å². The molecule has 2 N–H and O–H groups in total. The zero-order valence-corrected chi connectivity index (χ0v) is 15.9. The number of anilines is 2. The van der Waals surface area contributed by atoms with Gasteiger partial charge < -0.3 is 15.5 Å². The third kappa shape index (κ3) is 5.62. The third-order valence-electron chi connectivity index (χ3n) is 4.26. The summed E-state index contributed by atoms with van der Waals surface area (Å²) in [6.07, 6.45) is 1.74. The molecule has 1 aromatic heterocycles. The minimum Gasteiger partial charge on any atom is -0.369 e. The summed E-state index contributed by atoms with van der Waals surface area (Å²) in [5.74, 6) is 1.21. The van der Waals surface area contributed by atoms with Crippen molar-refractivity contribution in [3.05, 3.63) is 59.9 Å². The second-order valence-corrected chi connectivity index (χ2v) is 6.80. The standard InChI is InChI=1S/C21H26FN5/c1-27(2)14-6-12-23-20-18-9-3-4-10-19(18)25-21(26-20)24-13-11-16-7-5-8-17(22)15-16/h3-5,7-10,15H,6,11-14H2,1-2H3,(H2,23,24,25,26). The topological polar surface area (TPSA) is 53.1 Å². The lowest BCUT2D eigenvalue weighted by atomic mass is 10.1. The maximum Gasteiger partial charge on any atom is 0.225 e. The van der Waals surface area contributed by atoms with Gasteiger partial charge in [0, 0.05) is 18.5 Å². The lowest BCUT2D eigenvalue weighted by Crippen LogP contribution is -2.17. The van der Waals surface area contributed by atoms with Crippen LogP contribution >= 0.6 is 0 Å². The molecule has 0 fully saturated rings. The summed E-state index contributed by atoms with van der Waals surface area (Å²) in [5.41, 5.74) is 1.85. The Bertz CT molecular complexity index is 881. The molecule has 0 spiro atoms. The maximum absolute atomic E-state index is 13.3. The number of aromatic nitrogens is 2. The number of nitrogens with zero attached hydrogens (tertiary/aromatic N) is 3. The van der Waals surface area contributed by atoms with E-state index in [1.807, 2.05) is 30.3 Å². The number of rotatable bonds is 9. The van der Waals surface area contributed by atoms with Crippen LogP contribution in [0, 0.1) is 5.82 Å². The predicted molar refractivity (Wildman–Crippen MR) is 110 cm³/mol. The van der Waals surface area contributed by atoms with Crippen molar-refractivity contribution < 1.29 is 4.39 Å². The number of hydrogen-bond acceptors (Lipinski definition) is 5. The van der Waals surface area contributed by atoms with Crippen LogP contribution in [0.4, 0.5) is 16.2 Å². The number of hydrogen-bond donors (Lipinski definition) is 2. The van der Waals surface area contributed by atoms with Crippen molar-refractivity contribution in [3.63, 3.8) is 0 Å². The molecule has 6 heteroatoms. The van der Waals surface area contributed by atoms with Gasteiger partial charge in [0.25, 0.3) is 0 Å². The van der Waals surface area contributed by atoms with Gasteiger partial charge in [-0.1, -0.05) is 24.3 Å². The summed E-state index contributed by atoms with van der Waals surface area (Å²) in [6.45, 7) is 2.51. The molecule has 0 radical (unpaired) electrons. The van der Waals surface area contributed by atoms with E-state index in [4.69, 9.17) is 0 Å². The molecular weight excluding hydrogens is 341 g/mol. The van der Waals surface area contributed by atoms with Gasteiger partial charge in [-0.25, -0.2) is 9.37 Å². The average molecular weight is 367 g/mol. The lowest BCUT2D eigenvalue weighted by Gasteiger charge is -2.13. The van der Waals surface area contributed by atoms with Crippen LogP contribution in [0.25, 0.3) is 10.9 Å². The number of benzene rings is 2. The molecule has 0 aliphatic heterocycles. The Labute approximate surface area is 159 Å². The zero-order chi connectivity index (χ0) is 19.1. The van der Waals surface area contributed by atoms with Gasteiger partial charge in [-0.2, -0.15) is 4.98 Å². The van der Waals surface area contributed by atoms with Gasteiger partial charge >= 0.3 is 0 Å². The SMILES string of the molecule is CN(C)CCCNc1nc(NCCc2cccc(F)c2)nc2ccccc12. The van der Waals surface area contributed by atoms with Crippen molar-refractivity contribution in [1.29, 1.82) is 0 Å². The van der Waals surface area contributed by atoms with E-state index in [0.29, 0.717) is 18.9 Å². The van der Waals surface area contributed by atoms with Crippen molar-refractivity contribution in [2.24, 2.45) is 0 Å². The van der Waals surface area contributed by atoms with Crippen LogP contribution in [0.15, 0.2) is 48.5 Å². The Morgan fingerprint density at radius 3 is 2.63 bits per heavy atom. The third-order valence-corrected chi connectivity index (χ3v) is 4.26. The Morgan fingerprint density at radius 2 is 1.81 bits per heavy atom. The molecule has 0 unspecified atom stereocenters. The van der Waals surface area contributed by atoms with E-state index in [1.165, 1.54) is 6.07 Å². The first kappa shape index (κ1) is 19.0. The van der Waals surface area contributed by atoms with E-state index in [9.17, 15) is 4.39 Å². The van der Waals surface area contributed by atoms with E-state index < -0.39 is 0 Å². The van der Waals surface area contributed by atoms with Crippen molar-refractivity contribution in [2.45, 2.75) is 12.8 Å². The fourth-order valence-electron chi connectivity index (χ4n) is 2.90. The molecule has 0 aliphatic rings. The summed E-state index contributed by atoms with van der Waals surface area (Å²) < 4.78 is 13.3. The molecule has 27 heavy (non-hydrogen) atoms. The second-order valence-electron chi connectivity index (χ2n) is 6.80. The van der Waals surface area contributed by atoms with Crippen LogP contribution in [-0.2, 0) is 6.42 Å². The monoisotopic (exact) mass is 367 g/mol. The van der Waals surface area contributed by atoms with Crippen molar-refractivity contribution >= 4 is 22.7 Å². The highest BCUT2D eigenvalue weighted by Gasteiger charge is 2.07. The number of nitrogens with one attached hydrogen (secondary N) is 2. The highest BCUT2D eigenvalue weighted by Crippen LogP contribution is 2.21. The van der Waals surface area contributed by atoms with Gasteiger partial charge in [-0.05, 0) is 63.3 Å². The Kier molecular flexibility index (Phi) is 6.54. The van der Waals surface area contributed by atoms with E-state index in [2.05, 4.69) is 39.6 Å². The van der Waals surface area contributed by atoms with Gasteiger partial charge in [-0.3, -0.25) is 0 Å². The molecule has 0 saturated carbocycles. The molecule has 5 nitrogen and oxygen atoms in total. The molecule has 3 aromatic rings. The maximum atomic E-state index is 13.3. The summed E-state index contributed by atoms with van der Waals surface area (Å²) in [6, 6.07) is 14.6. The Balaban J connectivity index is 1.67. The molecule has 0 aliphatic carbocycles. The zero-order valence-electron chi connectivity index (χ0n) is 15.9. The van der Waals surface area contributed by atoms with Crippen LogP contribution in [0.3, 0.4) is 0 Å². The van der Waals surface area contributed by atoms with Crippen LogP contribution < -0.4 is 10.6 Å². The first-order valence-corrected chi connectivity index (χ1v) is 9.25. The summed E-state index contributed by atoms with van der Waals surface area (Å²) in [7, 11) is 4.14. The van der Waals surface area contributed by atoms with Crippen LogP contribution in [0.5, 0.6) is 0 Å². The van der Waals surface area contributed by atoms with Gasteiger partial charge in [0.05, 0.1) is 5.52 Å². The van der Waals surface area contributed by atoms with Crippen molar-refractivity contribution in [1.82, 2.24) is 14.9 Å². The first-order chi connectivity index (χ1) is 13.1. The van der Waals surface area contributed by atoms with Gasteiger partial charge in [0.1, 0.15) is 11.6 Å². The van der Waals surface area contributed by atoms with Crippen LogP contribution in [-0.4, -0.2) is 48.6 Å². The van der Waals surface area contributed by atoms with Gasteiger partial charge in [0.2, 0.25) is 5.95 Å². The Morgan fingerprint density at radius 1 is 0.963 bits per heavy atom. The predicted octanol–water partition coefficient (Wildman–Crippen LogP) is 3.79. The Hall–Kier alpha value is -2.73. The fraction of sp³-hybridized carbons (Fsp3) is 0.333. The normalized spacial score (nSPS) is 11.1. The number of para-hydroxylation sites is 1. The van der Waals surface area contributed by atoms with Crippen molar-refractivity contribution in [3.8, 4) is 0 Å². The minimum absolute atomic E-state index is 0.210.